The molecule has 0 amide bonds. The number of ether oxygens (including phenoxy) is 1. The molecule has 1 aliphatic heterocycles. The average molecular weight is 253 g/mol. The molecule has 0 aromatic rings. The molecule has 3 heteroatoms. The zero-order chi connectivity index (χ0) is 12.8. The molecule has 4 unspecified atom stereocenters. The number of aliphatic hydroxyl groups is 1. The molecule has 2 aliphatic carbocycles. The van der Waals surface area contributed by atoms with Crippen molar-refractivity contribution in [3.63, 3.8) is 0 Å². The fourth-order valence-corrected chi connectivity index (χ4v) is 4.49. The highest BCUT2D eigenvalue weighted by Gasteiger charge is 2.64. The van der Waals surface area contributed by atoms with E-state index in [1.807, 2.05) is 0 Å². The van der Waals surface area contributed by atoms with Crippen LogP contribution in [0.5, 0.6) is 0 Å². The Hall–Kier alpha value is -0.120. The molecule has 3 rings (SSSR count). The highest BCUT2D eigenvalue weighted by Crippen LogP contribution is 2.60. The van der Waals surface area contributed by atoms with Crippen LogP contribution in [0.1, 0.15) is 46.0 Å². The summed E-state index contributed by atoms with van der Waals surface area (Å²) in [5.74, 6) is 1.05. The highest BCUT2D eigenvalue weighted by molar-refractivity contribution is 5.16. The van der Waals surface area contributed by atoms with E-state index in [4.69, 9.17) is 4.74 Å². The number of fused-ring (bicyclic) bond motifs is 2. The van der Waals surface area contributed by atoms with E-state index >= 15 is 0 Å². The molecule has 1 spiro atoms. The minimum atomic E-state index is -0.218. The van der Waals surface area contributed by atoms with Gasteiger partial charge in [0.15, 0.2) is 0 Å². The molecule has 0 bridgehead atoms. The Kier molecular flexibility index (Phi) is 3.41. The van der Waals surface area contributed by atoms with Crippen molar-refractivity contribution in [3.05, 3.63) is 0 Å². The zero-order valence-corrected chi connectivity index (χ0v) is 11.7. The van der Waals surface area contributed by atoms with Gasteiger partial charge in [0.2, 0.25) is 0 Å². The molecule has 0 aromatic heterocycles. The van der Waals surface area contributed by atoms with Gasteiger partial charge in [0.25, 0.3) is 0 Å². The molecule has 3 fully saturated rings. The Bertz CT molecular complexity index is 299. The minimum Gasteiger partial charge on any atom is -0.392 e. The van der Waals surface area contributed by atoms with E-state index < -0.39 is 0 Å². The highest BCUT2D eigenvalue weighted by atomic mass is 16.5. The lowest BCUT2D eigenvalue weighted by Crippen LogP contribution is -2.68. The summed E-state index contributed by atoms with van der Waals surface area (Å²) in [4.78, 5) is 0. The summed E-state index contributed by atoms with van der Waals surface area (Å²) >= 11 is 0. The van der Waals surface area contributed by atoms with Gasteiger partial charge < -0.3 is 15.2 Å². The lowest BCUT2D eigenvalue weighted by Gasteiger charge is -2.57. The van der Waals surface area contributed by atoms with Crippen molar-refractivity contribution < 1.29 is 9.84 Å². The van der Waals surface area contributed by atoms with Crippen LogP contribution in [0.25, 0.3) is 0 Å². The van der Waals surface area contributed by atoms with Crippen molar-refractivity contribution in [1.29, 1.82) is 0 Å². The van der Waals surface area contributed by atoms with Gasteiger partial charge in [-0.15, -0.1) is 0 Å². The average Bonchev–Trinajstić information content (AvgIpc) is 2.95. The predicted octanol–water partition coefficient (Wildman–Crippen LogP) is 1.94. The van der Waals surface area contributed by atoms with Gasteiger partial charge >= 0.3 is 0 Å². The normalized spacial score (nSPS) is 39.0. The van der Waals surface area contributed by atoms with Gasteiger partial charge in [0.1, 0.15) is 0 Å². The fraction of sp³-hybridized carbons (Fsp3) is 1.00. The number of hydrogen-bond acceptors (Lipinski definition) is 3. The molecule has 3 nitrogen and oxygen atoms in total. The second kappa shape index (κ2) is 4.77. The van der Waals surface area contributed by atoms with Crippen LogP contribution >= 0.6 is 0 Å². The Morgan fingerprint density at radius 3 is 2.72 bits per heavy atom. The summed E-state index contributed by atoms with van der Waals surface area (Å²) in [6, 6.07) is 0.598. The molecule has 2 saturated carbocycles. The minimum absolute atomic E-state index is 0.218. The van der Waals surface area contributed by atoms with E-state index in [-0.39, 0.29) is 6.10 Å². The second-order valence-electron chi connectivity index (χ2n) is 6.88. The number of hydrogen-bond donors (Lipinski definition) is 2. The van der Waals surface area contributed by atoms with Crippen LogP contribution in [0.3, 0.4) is 0 Å². The van der Waals surface area contributed by atoms with Crippen LogP contribution < -0.4 is 5.32 Å². The maximum Gasteiger partial charge on any atom is 0.0690 e. The summed E-state index contributed by atoms with van der Waals surface area (Å²) in [5.41, 5.74) is 0.415. The van der Waals surface area contributed by atoms with Crippen molar-refractivity contribution in [2.75, 3.05) is 13.2 Å². The van der Waals surface area contributed by atoms with Crippen molar-refractivity contribution in [1.82, 2.24) is 5.32 Å². The monoisotopic (exact) mass is 253 g/mol. The lowest BCUT2D eigenvalue weighted by molar-refractivity contribution is -0.132. The van der Waals surface area contributed by atoms with Gasteiger partial charge in [-0.05, 0) is 25.2 Å². The molecule has 0 aromatic carbocycles. The first kappa shape index (κ1) is 12.9. The Labute approximate surface area is 110 Å². The summed E-state index contributed by atoms with van der Waals surface area (Å²) in [5, 5.41) is 13.6. The van der Waals surface area contributed by atoms with Crippen molar-refractivity contribution in [2.45, 2.75) is 64.2 Å². The molecule has 104 valence electrons. The molecule has 18 heavy (non-hydrogen) atoms. The van der Waals surface area contributed by atoms with E-state index in [1.165, 1.54) is 32.1 Å². The Morgan fingerprint density at radius 1 is 1.33 bits per heavy atom. The first-order valence-corrected chi connectivity index (χ1v) is 7.68. The topological polar surface area (TPSA) is 41.5 Å². The zero-order valence-electron chi connectivity index (χ0n) is 11.7. The second-order valence-corrected chi connectivity index (χ2v) is 6.88. The molecular formula is C15H27NO2. The van der Waals surface area contributed by atoms with Crippen LogP contribution in [0.15, 0.2) is 0 Å². The summed E-state index contributed by atoms with van der Waals surface area (Å²) in [7, 11) is 0. The van der Waals surface area contributed by atoms with Crippen molar-refractivity contribution in [2.24, 2.45) is 17.3 Å². The third-order valence-corrected chi connectivity index (χ3v) is 5.60. The Morgan fingerprint density at radius 2 is 2.06 bits per heavy atom. The summed E-state index contributed by atoms with van der Waals surface area (Å²) in [6.45, 7) is 5.86. The lowest BCUT2D eigenvalue weighted by atomic mass is 9.54. The molecule has 1 heterocycles. The molecular weight excluding hydrogens is 226 g/mol. The van der Waals surface area contributed by atoms with Crippen LogP contribution in [0.2, 0.25) is 0 Å². The molecule has 2 N–H and O–H groups in total. The van der Waals surface area contributed by atoms with Crippen molar-refractivity contribution >= 4 is 0 Å². The largest absolute Gasteiger partial charge is 0.392 e. The van der Waals surface area contributed by atoms with Gasteiger partial charge in [0.05, 0.1) is 12.2 Å². The van der Waals surface area contributed by atoms with E-state index in [0.29, 0.717) is 29.4 Å². The first-order chi connectivity index (χ1) is 8.65. The third-order valence-electron chi connectivity index (χ3n) is 5.60. The molecule has 3 aliphatic rings. The first-order valence-electron chi connectivity index (χ1n) is 7.68. The van der Waals surface area contributed by atoms with Gasteiger partial charge in [-0.1, -0.05) is 26.7 Å². The summed E-state index contributed by atoms with van der Waals surface area (Å²) in [6.07, 6.45) is 6.88. The quantitative estimate of drug-likeness (QED) is 0.804. The predicted molar refractivity (Wildman–Crippen MR) is 71.4 cm³/mol. The van der Waals surface area contributed by atoms with Gasteiger partial charge in [-0.3, -0.25) is 0 Å². The molecule has 1 saturated heterocycles. The SMILES string of the molecule is CC(C)C(O)CNC1C2CCOC2C12CCCC2. The number of aliphatic hydroxyl groups excluding tert-OH is 1. The fourth-order valence-electron chi connectivity index (χ4n) is 4.49. The molecule has 0 radical (unpaired) electrons. The standard InChI is InChI=1S/C15H27NO2/c1-10(2)12(17)9-16-13-11-5-8-18-14(11)15(13)6-3-4-7-15/h10-14,16-17H,3-9H2,1-2H3. The van der Waals surface area contributed by atoms with E-state index in [2.05, 4.69) is 19.2 Å². The maximum absolute atomic E-state index is 9.97. The van der Waals surface area contributed by atoms with E-state index in [1.54, 1.807) is 0 Å². The van der Waals surface area contributed by atoms with Gasteiger partial charge in [-0.2, -0.15) is 0 Å². The van der Waals surface area contributed by atoms with Gasteiger partial charge in [-0.25, -0.2) is 0 Å². The summed E-state index contributed by atoms with van der Waals surface area (Å²) < 4.78 is 5.97. The van der Waals surface area contributed by atoms with Crippen molar-refractivity contribution in [3.8, 4) is 0 Å². The third kappa shape index (κ3) is 1.83. The number of nitrogens with one attached hydrogen (secondary N) is 1. The van der Waals surface area contributed by atoms with Crippen LogP contribution in [0.4, 0.5) is 0 Å². The smallest absolute Gasteiger partial charge is 0.0690 e. The van der Waals surface area contributed by atoms with Crippen LogP contribution in [-0.4, -0.2) is 36.5 Å². The number of rotatable bonds is 4. The van der Waals surface area contributed by atoms with E-state index in [9.17, 15) is 5.11 Å². The van der Waals surface area contributed by atoms with E-state index in [0.717, 1.165) is 13.2 Å². The van der Waals surface area contributed by atoms with Crippen LogP contribution in [0, 0.1) is 17.3 Å². The van der Waals surface area contributed by atoms with Gasteiger partial charge in [0, 0.05) is 30.5 Å². The van der Waals surface area contributed by atoms with Crippen LogP contribution in [-0.2, 0) is 4.74 Å². The molecule has 4 atom stereocenters. The Balaban J connectivity index is 1.63. The maximum atomic E-state index is 9.97.